The normalized spacial score (nSPS) is 13.5. The van der Waals surface area contributed by atoms with E-state index in [0.717, 1.165) is 23.4 Å². The molecule has 1 aromatic heterocycles. The van der Waals surface area contributed by atoms with Crippen LogP contribution in [0.1, 0.15) is 16.8 Å². The molecule has 4 rings (SSSR count). The molecular formula is C23H24ClN3O4. The topological polar surface area (TPSA) is 76.7 Å². The van der Waals surface area contributed by atoms with Crippen molar-refractivity contribution in [1.82, 2.24) is 14.9 Å². The van der Waals surface area contributed by atoms with Crippen molar-refractivity contribution in [3.05, 3.63) is 68.6 Å². The third kappa shape index (κ3) is 4.38. The third-order valence-corrected chi connectivity index (χ3v) is 5.65. The van der Waals surface area contributed by atoms with E-state index in [-0.39, 0.29) is 5.56 Å². The van der Waals surface area contributed by atoms with E-state index < -0.39 is 0 Å². The Balaban J connectivity index is 1.57. The molecule has 2 aromatic carbocycles. The lowest BCUT2D eigenvalue weighted by molar-refractivity contribution is 0.240. The van der Waals surface area contributed by atoms with Crippen LogP contribution >= 0.6 is 11.6 Å². The van der Waals surface area contributed by atoms with Gasteiger partial charge in [-0.05, 0) is 42.0 Å². The Morgan fingerprint density at radius 2 is 1.74 bits per heavy atom. The first-order valence-corrected chi connectivity index (χ1v) is 10.3. The minimum atomic E-state index is -0.107. The Labute approximate surface area is 185 Å². The van der Waals surface area contributed by atoms with Crippen LogP contribution in [0.4, 0.5) is 0 Å². The highest BCUT2D eigenvalue weighted by Gasteiger charge is 2.23. The average molecular weight is 442 g/mol. The molecule has 162 valence electrons. The quantitative estimate of drug-likeness (QED) is 0.629. The van der Waals surface area contributed by atoms with Gasteiger partial charge in [0.05, 0.1) is 32.6 Å². The molecule has 0 amide bonds. The number of nitrogens with zero attached hydrogens (tertiary/aromatic N) is 2. The number of ether oxygens (including phenoxy) is 3. The van der Waals surface area contributed by atoms with Crippen LogP contribution in [0.2, 0.25) is 5.02 Å². The molecule has 31 heavy (non-hydrogen) atoms. The second-order valence-electron chi connectivity index (χ2n) is 7.34. The fourth-order valence-electron chi connectivity index (χ4n) is 3.85. The first-order chi connectivity index (χ1) is 15.0. The number of hydrogen-bond acceptors (Lipinski definition) is 6. The van der Waals surface area contributed by atoms with Crippen molar-refractivity contribution in [2.75, 3.05) is 27.9 Å². The first kappa shape index (κ1) is 21.2. The molecule has 0 fully saturated rings. The van der Waals surface area contributed by atoms with E-state index >= 15 is 0 Å². The predicted molar refractivity (Wildman–Crippen MR) is 119 cm³/mol. The van der Waals surface area contributed by atoms with E-state index in [1.54, 1.807) is 33.5 Å². The summed E-state index contributed by atoms with van der Waals surface area (Å²) in [5, 5.41) is 0.645. The van der Waals surface area contributed by atoms with Crippen LogP contribution in [0, 0.1) is 0 Å². The van der Waals surface area contributed by atoms with Gasteiger partial charge in [0.2, 0.25) is 5.75 Å². The summed E-state index contributed by atoms with van der Waals surface area (Å²) in [5.41, 5.74) is 3.29. The lowest BCUT2D eigenvalue weighted by Gasteiger charge is -2.28. The molecule has 2 heterocycles. The number of benzene rings is 2. The number of methoxy groups -OCH3 is 3. The highest BCUT2D eigenvalue weighted by Crippen LogP contribution is 2.38. The molecule has 0 aliphatic carbocycles. The molecule has 0 atom stereocenters. The summed E-state index contributed by atoms with van der Waals surface area (Å²) in [6.07, 6.45) is 0.699. The van der Waals surface area contributed by atoms with Gasteiger partial charge in [0.1, 0.15) is 5.82 Å². The maximum absolute atomic E-state index is 12.8. The molecule has 0 spiro atoms. The lowest BCUT2D eigenvalue weighted by atomic mass is 10.0. The Hall–Kier alpha value is -3.03. The summed E-state index contributed by atoms with van der Waals surface area (Å²) in [5.74, 6) is 2.36. The zero-order chi connectivity index (χ0) is 22.0. The smallest absolute Gasteiger partial charge is 0.255 e. The molecule has 0 saturated heterocycles. The molecule has 1 N–H and O–H groups in total. The fourth-order valence-corrected chi connectivity index (χ4v) is 3.97. The van der Waals surface area contributed by atoms with Gasteiger partial charge in [0.25, 0.3) is 5.56 Å². The van der Waals surface area contributed by atoms with E-state index in [0.29, 0.717) is 53.2 Å². The Morgan fingerprint density at radius 3 is 2.35 bits per heavy atom. The molecule has 8 heteroatoms. The highest BCUT2D eigenvalue weighted by atomic mass is 35.5. The molecular weight excluding hydrogens is 418 g/mol. The van der Waals surface area contributed by atoms with E-state index in [9.17, 15) is 4.79 Å². The number of nitrogens with one attached hydrogen (secondary N) is 1. The van der Waals surface area contributed by atoms with Crippen LogP contribution in [-0.4, -0.2) is 42.7 Å². The van der Waals surface area contributed by atoms with Gasteiger partial charge in [-0.25, -0.2) is 4.98 Å². The number of fused-ring (bicyclic) bond motifs is 1. The Bertz CT molecular complexity index is 1120. The number of rotatable bonds is 6. The third-order valence-electron chi connectivity index (χ3n) is 5.40. The maximum atomic E-state index is 12.8. The van der Waals surface area contributed by atoms with E-state index in [1.165, 1.54) is 0 Å². The molecule has 1 aliphatic heterocycles. The van der Waals surface area contributed by atoms with Crippen molar-refractivity contribution in [2.24, 2.45) is 0 Å². The van der Waals surface area contributed by atoms with Crippen LogP contribution < -0.4 is 19.8 Å². The highest BCUT2D eigenvalue weighted by molar-refractivity contribution is 6.30. The van der Waals surface area contributed by atoms with Crippen molar-refractivity contribution < 1.29 is 14.2 Å². The molecule has 3 aromatic rings. The number of aromatic nitrogens is 2. The molecule has 0 saturated carbocycles. The number of hydrogen-bond donors (Lipinski definition) is 1. The minimum absolute atomic E-state index is 0.107. The fraction of sp³-hybridized carbons (Fsp3) is 0.304. The van der Waals surface area contributed by atoms with Crippen LogP contribution in [0.15, 0.2) is 41.2 Å². The van der Waals surface area contributed by atoms with Gasteiger partial charge in [0, 0.05) is 36.6 Å². The molecule has 0 unspecified atom stereocenters. The van der Waals surface area contributed by atoms with Crippen molar-refractivity contribution in [2.45, 2.75) is 19.5 Å². The number of aromatic amines is 1. The van der Waals surface area contributed by atoms with Crippen molar-refractivity contribution in [3.8, 4) is 28.6 Å². The monoisotopic (exact) mass is 441 g/mol. The van der Waals surface area contributed by atoms with Gasteiger partial charge in [-0.3, -0.25) is 9.69 Å². The van der Waals surface area contributed by atoms with Crippen LogP contribution in [0.5, 0.6) is 17.2 Å². The lowest BCUT2D eigenvalue weighted by Crippen LogP contribution is -2.35. The molecule has 0 bridgehead atoms. The second kappa shape index (κ2) is 8.99. The summed E-state index contributed by atoms with van der Waals surface area (Å²) in [6.45, 7) is 1.96. The van der Waals surface area contributed by atoms with E-state index in [4.69, 9.17) is 30.8 Å². The SMILES string of the molecule is COc1cc(CN2CCc3nc(-c4ccc(Cl)cc4)[nH]c(=O)c3C2)cc(OC)c1OC. The molecule has 7 nitrogen and oxygen atoms in total. The standard InChI is InChI=1S/C23H24ClN3O4/c1-29-19-10-14(11-20(30-2)21(19)31-3)12-27-9-8-18-17(13-27)23(28)26-22(25-18)15-4-6-16(24)7-5-15/h4-7,10-11H,8-9,12-13H2,1-3H3,(H,25,26,28). The van der Waals surface area contributed by atoms with Crippen LogP contribution in [0.25, 0.3) is 11.4 Å². The summed E-state index contributed by atoms with van der Waals surface area (Å²) in [6, 6.07) is 11.1. The summed E-state index contributed by atoms with van der Waals surface area (Å²) < 4.78 is 16.3. The van der Waals surface area contributed by atoms with Crippen LogP contribution in [-0.2, 0) is 19.5 Å². The minimum Gasteiger partial charge on any atom is -0.493 e. The van der Waals surface area contributed by atoms with Crippen molar-refractivity contribution in [3.63, 3.8) is 0 Å². The van der Waals surface area contributed by atoms with Gasteiger partial charge in [-0.1, -0.05) is 11.6 Å². The van der Waals surface area contributed by atoms with E-state index in [1.807, 2.05) is 24.3 Å². The molecule has 1 aliphatic rings. The van der Waals surface area contributed by atoms with Gasteiger partial charge in [-0.15, -0.1) is 0 Å². The Morgan fingerprint density at radius 1 is 1.06 bits per heavy atom. The predicted octanol–water partition coefficient (Wildman–Crippen LogP) is 3.67. The van der Waals surface area contributed by atoms with Gasteiger partial charge < -0.3 is 19.2 Å². The first-order valence-electron chi connectivity index (χ1n) is 9.91. The van der Waals surface area contributed by atoms with Gasteiger partial charge >= 0.3 is 0 Å². The summed E-state index contributed by atoms with van der Waals surface area (Å²) in [7, 11) is 4.78. The van der Waals surface area contributed by atoms with Gasteiger partial charge in [-0.2, -0.15) is 0 Å². The van der Waals surface area contributed by atoms with Crippen molar-refractivity contribution >= 4 is 11.6 Å². The second-order valence-corrected chi connectivity index (χ2v) is 7.78. The number of halogens is 1. The van der Waals surface area contributed by atoms with Crippen molar-refractivity contribution in [1.29, 1.82) is 0 Å². The van der Waals surface area contributed by atoms with Gasteiger partial charge in [0.15, 0.2) is 11.5 Å². The van der Waals surface area contributed by atoms with Crippen LogP contribution in [0.3, 0.4) is 0 Å². The number of H-pyrrole nitrogens is 1. The van der Waals surface area contributed by atoms with E-state index in [2.05, 4.69) is 9.88 Å². The largest absolute Gasteiger partial charge is 0.493 e. The zero-order valence-electron chi connectivity index (χ0n) is 17.7. The zero-order valence-corrected chi connectivity index (χ0v) is 18.5. The molecule has 0 radical (unpaired) electrons. The summed E-state index contributed by atoms with van der Waals surface area (Å²) in [4.78, 5) is 22.6. The average Bonchev–Trinajstić information content (AvgIpc) is 2.79. The Kier molecular flexibility index (Phi) is 6.15. The maximum Gasteiger partial charge on any atom is 0.255 e. The summed E-state index contributed by atoms with van der Waals surface area (Å²) >= 11 is 5.96.